The topological polar surface area (TPSA) is 66.9 Å². The van der Waals surface area contributed by atoms with Gasteiger partial charge in [0.2, 0.25) is 15.9 Å². The molecule has 0 radical (unpaired) electrons. The molecule has 0 atom stereocenters. The highest BCUT2D eigenvalue weighted by molar-refractivity contribution is 7.89. The maximum Gasteiger partial charge on any atom is 0.417 e. The van der Waals surface area contributed by atoms with E-state index in [9.17, 15) is 26.4 Å². The van der Waals surface area contributed by atoms with Crippen molar-refractivity contribution in [3.8, 4) is 5.75 Å². The molecule has 6 nitrogen and oxygen atoms in total. The summed E-state index contributed by atoms with van der Waals surface area (Å²) < 4.78 is 72.8. The third-order valence-electron chi connectivity index (χ3n) is 6.66. The first-order valence-electron chi connectivity index (χ1n) is 11.2. The smallest absolute Gasteiger partial charge is 0.417 e. The summed E-state index contributed by atoms with van der Waals surface area (Å²) in [7, 11) is -2.79. The number of anilines is 1. The Kier molecular flexibility index (Phi) is 6.65. The van der Waals surface area contributed by atoms with E-state index in [-0.39, 0.29) is 31.8 Å². The Labute approximate surface area is 197 Å². The molecule has 0 saturated carbocycles. The van der Waals surface area contributed by atoms with E-state index in [1.165, 1.54) is 12.1 Å². The van der Waals surface area contributed by atoms with Crippen LogP contribution in [0.5, 0.6) is 5.75 Å². The molecule has 2 aromatic carbocycles. The number of fused-ring (bicyclic) bond motifs is 1. The number of methoxy groups -OCH3 is 1. The number of ether oxygens (including phenoxy) is 1. The normalized spacial score (nSPS) is 18.0. The summed E-state index contributed by atoms with van der Waals surface area (Å²) in [6, 6.07) is 8.00. The first kappa shape index (κ1) is 24.5. The van der Waals surface area contributed by atoms with E-state index in [1.54, 1.807) is 12.0 Å². The van der Waals surface area contributed by atoms with Crippen LogP contribution in [-0.2, 0) is 27.4 Å². The van der Waals surface area contributed by atoms with E-state index in [2.05, 4.69) is 0 Å². The third kappa shape index (κ3) is 4.40. The highest BCUT2D eigenvalue weighted by Gasteiger charge is 2.41. The van der Waals surface area contributed by atoms with Crippen LogP contribution in [0.1, 0.15) is 36.0 Å². The molecule has 0 bridgehead atoms. The lowest BCUT2D eigenvalue weighted by Gasteiger charge is -2.37. The van der Waals surface area contributed by atoms with Crippen LogP contribution >= 0.6 is 0 Å². The van der Waals surface area contributed by atoms with Crippen LogP contribution in [0.3, 0.4) is 0 Å². The minimum atomic E-state index is -4.78. The SMILES string of the molecule is COc1ccc(C)c2c1N(C(=O)C1CCN(S(=O)(=O)c3ccccc3C(F)(F)F)CC1)CCC2. The number of carbonyl (C=O) groups excluding carboxylic acids is 1. The maximum atomic E-state index is 13.5. The Bertz CT molecular complexity index is 1190. The summed E-state index contributed by atoms with van der Waals surface area (Å²) in [6.07, 6.45) is -2.64. The molecule has 34 heavy (non-hydrogen) atoms. The average Bonchev–Trinajstić information content (AvgIpc) is 2.83. The Morgan fingerprint density at radius 2 is 1.74 bits per heavy atom. The molecule has 2 aliphatic heterocycles. The van der Waals surface area contributed by atoms with Crippen molar-refractivity contribution >= 4 is 21.6 Å². The molecule has 2 aromatic rings. The first-order valence-corrected chi connectivity index (χ1v) is 12.6. The number of hydrogen-bond donors (Lipinski definition) is 0. The number of hydrogen-bond acceptors (Lipinski definition) is 4. The van der Waals surface area contributed by atoms with Crippen LogP contribution in [0, 0.1) is 12.8 Å². The van der Waals surface area contributed by atoms with Gasteiger partial charge >= 0.3 is 6.18 Å². The van der Waals surface area contributed by atoms with E-state index in [4.69, 9.17) is 4.74 Å². The lowest BCUT2D eigenvalue weighted by atomic mass is 9.92. The fraction of sp³-hybridized carbons (Fsp3) is 0.458. The summed E-state index contributed by atoms with van der Waals surface area (Å²) in [6.45, 7) is 2.50. The van der Waals surface area contributed by atoms with Gasteiger partial charge in [-0.1, -0.05) is 18.2 Å². The third-order valence-corrected chi connectivity index (χ3v) is 8.61. The zero-order valence-corrected chi connectivity index (χ0v) is 19.9. The number of halogens is 3. The Morgan fingerprint density at radius 1 is 1.06 bits per heavy atom. The number of aryl methyl sites for hydroxylation is 1. The second-order valence-electron chi connectivity index (χ2n) is 8.68. The minimum absolute atomic E-state index is 0.0173. The van der Waals surface area contributed by atoms with Crippen molar-refractivity contribution in [1.29, 1.82) is 0 Å². The van der Waals surface area contributed by atoms with E-state index in [0.717, 1.165) is 46.1 Å². The molecule has 1 saturated heterocycles. The van der Waals surface area contributed by atoms with Gasteiger partial charge < -0.3 is 9.64 Å². The molecular weight excluding hydrogens is 469 g/mol. The van der Waals surface area contributed by atoms with Crippen molar-refractivity contribution in [2.75, 3.05) is 31.6 Å². The van der Waals surface area contributed by atoms with Crippen molar-refractivity contribution in [2.24, 2.45) is 5.92 Å². The second-order valence-corrected chi connectivity index (χ2v) is 10.6. The zero-order chi connectivity index (χ0) is 24.7. The number of sulfonamides is 1. The van der Waals surface area contributed by atoms with Gasteiger partial charge in [0.25, 0.3) is 0 Å². The minimum Gasteiger partial charge on any atom is -0.495 e. The molecule has 1 amide bonds. The van der Waals surface area contributed by atoms with Gasteiger partial charge in [0, 0.05) is 25.6 Å². The van der Waals surface area contributed by atoms with Crippen LogP contribution in [-0.4, -0.2) is 45.4 Å². The Morgan fingerprint density at radius 3 is 2.38 bits per heavy atom. The predicted octanol–water partition coefficient (Wildman–Crippen LogP) is 4.40. The molecule has 2 heterocycles. The standard InChI is InChI=1S/C24H27F3N2O4S/c1-16-9-10-20(33-2)22-18(16)6-5-13-29(22)23(30)17-11-14-28(15-12-17)34(31,32)21-8-4-3-7-19(21)24(25,26)27/h3-4,7-10,17H,5-6,11-15H2,1-2H3. The number of rotatable bonds is 4. The largest absolute Gasteiger partial charge is 0.495 e. The van der Waals surface area contributed by atoms with E-state index in [0.29, 0.717) is 12.3 Å². The molecule has 184 valence electrons. The molecule has 0 unspecified atom stereocenters. The van der Waals surface area contributed by atoms with Gasteiger partial charge in [-0.15, -0.1) is 0 Å². The molecular formula is C24H27F3N2O4S. The van der Waals surface area contributed by atoms with Gasteiger partial charge in [-0.2, -0.15) is 17.5 Å². The summed E-state index contributed by atoms with van der Waals surface area (Å²) in [5.41, 5.74) is 1.74. The van der Waals surface area contributed by atoms with Crippen LogP contribution < -0.4 is 9.64 Å². The van der Waals surface area contributed by atoms with Crippen LogP contribution in [0.4, 0.5) is 18.9 Å². The monoisotopic (exact) mass is 496 g/mol. The molecule has 2 aliphatic rings. The van der Waals surface area contributed by atoms with Crippen LogP contribution in [0.2, 0.25) is 0 Å². The summed E-state index contributed by atoms with van der Waals surface area (Å²) >= 11 is 0. The molecule has 10 heteroatoms. The number of piperidine rings is 1. The molecule has 1 fully saturated rings. The van der Waals surface area contributed by atoms with Crippen molar-refractivity contribution < 1.29 is 31.1 Å². The van der Waals surface area contributed by atoms with Crippen molar-refractivity contribution in [3.05, 3.63) is 53.1 Å². The van der Waals surface area contributed by atoms with Crippen molar-refractivity contribution in [3.63, 3.8) is 0 Å². The van der Waals surface area contributed by atoms with Crippen molar-refractivity contribution in [2.45, 2.75) is 43.7 Å². The molecule has 0 spiro atoms. The lowest BCUT2D eigenvalue weighted by molar-refractivity contribution is -0.139. The number of nitrogens with zero attached hydrogens (tertiary/aromatic N) is 2. The Hall–Kier alpha value is -2.59. The highest BCUT2D eigenvalue weighted by atomic mass is 32.2. The van der Waals surface area contributed by atoms with Gasteiger partial charge in [0.15, 0.2) is 0 Å². The van der Waals surface area contributed by atoms with E-state index >= 15 is 0 Å². The quantitative estimate of drug-likeness (QED) is 0.629. The number of alkyl halides is 3. The Balaban J connectivity index is 1.53. The predicted molar refractivity (Wildman–Crippen MR) is 121 cm³/mol. The van der Waals surface area contributed by atoms with Gasteiger partial charge in [0.1, 0.15) is 5.75 Å². The first-order chi connectivity index (χ1) is 16.1. The summed E-state index contributed by atoms with van der Waals surface area (Å²) in [5, 5.41) is 0. The fourth-order valence-electron chi connectivity index (χ4n) is 4.87. The molecule has 0 aromatic heterocycles. The molecule has 0 N–H and O–H groups in total. The van der Waals surface area contributed by atoms with E-state index in [1.807, 2.05) is 19.1 Å². The summed E-state index contributed by atoms with van der Waals surface area (Å²) in [5.74, 6) is 0.107. The molecule has 0 aliphatic carbocycles. The van der Waals surface area contributed by atoms with Crippen LogP contribution in [0.15, 0.2) is 41.3 Å². The summed E-state index contributed by atoms with van der Waals surface area (Å²) in [4.78, 5) is 14.4. The fourth-order valence-corrected chi connectivity index (χ4v) is 6.55. The lowest BCUT2D eigenvalue weighted by Crippen LogP contribution is -2.46. The second kappa shape index (κ2) is 9.22. The number of benzene rings is 2. The van der Waals surface area contributed by atoms with Gasteiger partial charge in [-0.05, 0) is 61.9 Å². The zero-order valence-electron chi connectivity index (χ0n) is 19.1. The van der Waals surface area contributed by atoms with Gasteiger partial charge in [0.05, 0.1) is 23.3 Å². The number of carbonyl (C=O) groups is 1. The molecule has 4 rings (SSSR count). The van der Waals surface area contributed by atoms with Crippen LogP contribution in [0.25, 0.3) is 0 Å². The van der Waals surface area contributed by atoms with Gasteiger partial charge in [-0.25, -0.2) is 8.42 Å². The number of amides is 1. The average molecular weight is 497 g/mol. The van der Waals surface area contributed by atoms with Gasteiger partial charge in [-0.3, -0.25) is 4.79 Å². The maximum absolute atomic E-state index is 13.5. The van der Waals surface area contributed by atoms with E-state index < -0.39 is 32.6 Å². The highest BCUT2D eigenvalue weighted by Crippen LogP contribution is 2.40. The van der Waals surface area contributed by atoms with Crippen molar-refractivity contribution in [1.82, 2.24) is 4.31 Å².